The number of rotatable bonds is 0. The van der Waals surface area contributed by atoms with Crippen molar-refractivity contribution in [1.29, 1.82) is 0 Å². The maximum absolute atomic E-state index is 12.9. The van der Waals surface area contributed by atoms with Gasteiger partial charge in [0.15, 0.2) is 0 Å². The van der Waals surface area contributed by atoms with Gasteiger partial charge in [0.25, 0.3) is 0 Å². The molecule has 0 saturated heterocycles. The molecule has 0 bridgehead atoms. The van der Waals surface area contributed by atoms with E-state index in [0.717, 1.165) is 5.39 Å². The number of nitrogens with zero attached hydrogens (tertiary/aromatic N) is 2. The van der Waals surface area contributed by atoms with Gasteiger partial charge in [0.2, 0.25) is 5.82 Å². The second-order valence-corrected chi connectivity index (χ2v) is 4.47. The Bertz CT molecular complexity index is 867. The van der Waals surface area contributed by atoms with Gasteiger partial charge in [-0.1, -0.05) is 18.2 Å². The summed E-state index contributed by atoms with van der Waals surface area (Å²) in [6, 6.07) is 8.19. The summed E-state index contributed by atoms with van der Waals surface area (Å²) in [6.07, 6.45) is -4.63. The summed E-state index contributed by atoms with van der Waals surface area (Å²) in [4.78, 5) is 7.17. The molecule has 0 fully saturated rings. The van der Waals surface area contributed by atoms with Gasteiger partial charge in [-0.2, -0.15) is 13.2 Å². The molecule has 0 aliphatic rings. The number of hydrogen-bond acceptors (Lipinski definition) is 3. The largest absolute Gasteiger partial charge is 0.512 e. The van der Waals surface area contributed by atoms with Crippen LogP contribution < -0.4 is 5.22 Å². The maximum atomic E-state index is 12.9. The first-order valence-electron chi connectivity index (χ1n) is 5.84. The van der Waals surface area contributed by atoms with Crippen molar-refractivity contribution < 1.29 is 18.3 Å². The van der Waals surface area contributed by atoms with E-state index in [2.05, 4.69) is 9.97 Å². The number of benzene rings is 2. The molecule has 2 aromatic carbocycles. The van der Waals surface area contributed by atoms with E-state index in [-0.39, 0.29) is 22.0 Å². The Kier molecular flexibility index (Phi) is 2.57. The van der Waals surface area contributed by atoms with Gasteiger partial charge in [-0.25, -0.2) is 9.97 Å². The number of halogens is 3. The van der Waals surface area contributed by atoms with Crippen LogP contribution in [0, 0.1) is 0 Å². The molecule has 0 atom stereocenters. The second-order valence-electron chi connectivity index (χ2n) is 4.47. The summed E-state index contributed by atoms with van der Waals surface area (Å²) in [7, 11) is 0. The SMILES string of the molecule is C/C(O)=c1\ccc2cccc3nc(C(F)(F)F)nc1c23. The predicted molar refractivity (Wildman–Crippen MR) is 69.0 cm³/mol. The zero-order valence-corrected chi connectivity index (χ0v) is 10.4. The minimum atomic E-state index is -4.63. The summed E-state index contributed by atoms with van der Waals surface area (Å²) < 4.78 is 38.6. The topological polar surface area (TPSA) is 46.0 Å². The van der Waals surface area contributed by atoms with Crippen molar-refractivity contribution in [3.05, 3.63) is 41.4 Å². The Hall–Kier alpha value is -2.37. The summed E-state index contributed by atoms with van der Waals surface area (Å²) in [5.74, 6) is -1.28. The molecule has 20 heavy (non-hydrogen) atoms. The highest BCUT2D eigenvalue weighted by molar-refractivity contribution is 6.07. The molecule has 0 amide bonds. The summed E-state index contributed by atoms with van der Waals surface area (Å²) in [6.45, 7) is 1.41. The lowest BCUT2D eigenvalue weighted by atomic mass is 10.1. The molecule has 6 heteroatoms. The first-order valence-corrected chi connectivity index (χ1v) is 5.84. The third-order valence-electron chi connectivity index (χ3n) is 3.08. The van der Waals surface area contributed by atoms with Crippen molar-refractivity contribution in [2.45, 2.75) is 13.1 Å². The van der Waals surface area contributed by atoms with E-state index in [1.165, 1.54) is 13.0 Å². The molecule has 0 spiro atoms. The lowest BCUT2D eigenvalue weighted by molar-refractivity contribution is -0.144. The van der Waals surface area contributed by atoms with Crippen LogP contribution in [0.4, 0.5) is 13.2 Å². The van der Waals surface area contributed by atoms with E-state index in [9.17, 15) is 18.3 Å². The minimum Gasteiger partial charge on any atom is -0.512 e. The van der Waals surface area contributed by atoms with Crippen molar-refractivity contribution >= 4 is 27.6 Å². The van der Waals surface area contributed by atoms with Crippen LogP contribution in [0.5, 0.6) is 0 Å². The van der Waals surface area contributed by atoms with Crippen molar-refractivity contribution in [3.8, 4) is 0 Å². The number of hydrogen-bond donors (Lipinski definition) is 1. The lowest BCUT2D eigenvalue weighted by Gasteiger charge is -2.10. The van der Waals surface area contributed by atoms with Gasteiger partial charge >= 0.3 is 6.18 Å². The Morgan fingerprint density at radius 1 is 1.10 bits per heavy atom. The molecule has 1 aromatic heterocycles. The maximum Gasteiger partial charge on any atom is 0.451 e. The van der Waals surface area contributed by atoms with Crippen LogP contribution >= 0.6 is 0 Å². The zero-order valence-electron chi connectivity index (χ0n) is 10.4. The van der Waals surface area contributed by atoms with Crippen molar-refractivity contribution in [2.24, 2.45) is 0 Å². The quantitative estimate of drug-likeness (QED) is 0.687. The number of aromatic nitrogens is 2. The minimum absolute atomic E-state index is 0.0797. The van der Waals surface area contributed by atoms with Crippen LogP contribution in [-0.2, 0) is 6.18 Å². The van der Waals surface area contributed by atoms with Crippen LogP contribution in [0.3, 0.4) is 0 Å². The molecule has 1 N–H and O–H groups in total. The molecule has 0 saturated carbocycles. The van der Waals surface area contributed by atoms with E-state index < -0.39 is 12.0 Å². The van der Waals surface area contributed by atoms with Gasteiger partial charge in [0, 0.05) is 10.6 Å². The standard InChI is InChI=1S/C14H9F3N2O/c1-7(20)9-6-5-8-3-2-4-10-11(8)12(9)19-13(18-10)14(15,16)17/h2-6,20H,1H3/b9-7-. The number of aliphatic hydroxyl groups is 1. The Morgan fingerprint density at radius 2 is 1.85 bits per heavy atom. The molecular weight excluding hydrogens is 269 g/mol. The molecule has 3 aromatic rings. The van der Waals surface area contributed by atoms with Crippen LogP contribution in [0.1, 0.15) is 12.7 Å². The molecule has 102 valence electrons. The molecule has 1 heterocycles. The van der Waals surface area contributed by atoms with Gasteiger partial charge < -0.3 is 5.11 Å². The molecule has 0 aliphatic heterocycles. The molecular formula is C14H9F3N2O. The molecule has 0 radical (unpaired) electrons. The summed E-state index contributed by atoms with van der Waals surface area (Å²) >= 11 is 0. The number of alkyl halides is 3. The normalized spacial score (nSPS) is 14.0. The summed E-state index contributed by atoms with van der Waals surface area (Å²) in [5.41, 5.74) is 0.323. The third kappa shape index (κ3) is 1.84. The first-order chi connectivity index (χ1) is 9.38. The van der Waals surface area contributed by atoms with Gasteiger partial charge in [0.05, 0.1) is 16.8 Å². The smallest absolute Gasteiger partial charge is 0.451 e. The third-order valence-corrected chi connectivity index (χ3v) is 3.08. The second kappa shape index (κ2) is 4.06. The molecule has 0 unspecified atom stereocenters. The van der Waals surface area contributed by atoms with E-state index in [1.807, 2.05) is 0 Å². The van der Waals surface area contributed by atoms with Gasteiger partial charge in [-0.3, -0.25) is 0 Å². The first kappa shape index (κ1) is 12.7. The highest BCUT2D eigenvalue weighted by atomic mass is 19.4. The van der Waals surface area contributed by atoms with E-state index in [0.29, 0.717) is 5.39 Å². The van der Waals surface area contributed by atoms with Crippen molar-refractivity contribution in [1.82, 2.24) is 9.97 Å². The molecule has 3 rings (SSSR count). The monoisotopic (exact) mass is 278 g/mol. The fourth-order valence-electron chi connectivity index (χ4n) is 2.21. The van der Waals surface area contributed by atoms with E-state index in [4.69, 9.17) is 0 Å². The Labute approximate surface area is 111 Å². The fourth-order valence-corrected chi connectivity index (χ4v) is 2.21. The van der Waals surface area contributed by atoms with Crippen LogP contribution in [-0.4, -0.2) is 15.1 Å². The lowest BCUT2D eigenvalue weighted by Crippen LogP contribution is -2.15. The highest BCUT2D eigenvalue weighted by Crippen LogP contribution is 2.30. The van der Waals surface area contributed by atoms with Gasteiger partial charge in [-0.05, 0) is 24.4 Å². The average molecular weight is 278 g/mol. The fraction of sp³-hybridized carbons (Fsp3) is 0.143. The van der Waals surface area contributed by atoms with Gasteiger partial charge in [-0.15, -0.1) is 0 Å². The van der Waals surface area contributed by atoms with E-state index in [1.54, 1.807) is 24.3 Å². The van der Waals surface area contributed by atoms with Crippen LogP contribution in [0.2, 0.25) is 0 Å². The van der Waals surface area contributed by atoms with Crippen molar-refractivity contribution in [2.75, 3.05) is 0 Å². The Morgan fingerprint density at radius 3 is 2.50 bits per heavy atom. The zero-order chi connectivity index (χ0) is 14.5. The highest BCUT2D eigenvalue weighted by Gasteiger charge is 2.35. The number of aliphatic hydroxyl groups excluding tert-OH is 1. The average Bonchev–Trinajstić information content (AvgIpc) is 2.37. The molecule has 0 aliphatic carbocycles. The van der Waals surface area contributed by atoms with Crippen LogP contribution in [0.15, 0.2) is 30.3 Å². The van der Waals surface area contributed by atoms with E-state index >= 15 is 0 Å². The predicted octanol–water partition coefficient (Wildman–Crippen LogP) is 3.21. The van der Waals surface area contributed by atoms with Gasteiger partial charge in [0.1, 0.15) is 0 Å². The van der Waals surface area contributed by atoms with Crippen LogP contribution in [0.25, 0.3) is 27.6 Å². The Balaban J connectivity index is 2.60. The summed E-state index contributed by atoms with van der Waals surface area (Å²) in [5, 5.41) is 11.2. The van der Waals surface area contributed by atoms with Crippen molar-refractivity contribution in [3.63, 3.8) is 0 Å². The molecule has 3 nitrogen and oxygen atoms in total.